The molecule has 0 N–H and O–H groups in total. The minimum Gasteiger partial charge on any atom is -0.377 e. The van der Waals surface area contributed by atoms with Crippen molar-refractivity contribution in [3.63, 3.8) is 0 Å². The first kappa shape index (κ1) is 19.6. The number of aromatic nitrogens is 1. The average Bonchev–Trinajstić information content (AvgIpc) is 3.10. The number of nitrogens with zero attached hydrogens (tertiary/aromatic N) is 3. The molecule has 0 aliphatic carbocycles. The van der Waals surface area contributed by atoms with Crippen LogP contribution in [0.15, 0.2) is 40.9 Å². The molecule has 3 rings (SSSR count). The highest BCUT2D eigenvalue weighted by Crippen LogP contribution is 2.19. The molecule has 1 aromatic carbocycles. The Hall–Kier alpha value is -2.18. The van der Waals surface area contributed by atoms with Crippen LogP contribution in [0.3, 0.4) is 0 Å². The van der Waals surface area contributed by atoms with Crippen molar-refractivity contribution in [2.24, 2.45) is 5.92 Å². The molecule has 1 aliphatic rings. The minimum atomic E-state index is -0.0651. The predicted octanol–water partition coefficient (Wildman–Crippen LogP) is 3.19. The Labute approximate surface area is 161 Å². The Morgan fingerprint density at radius 1 is 1.30 bits per heavy atom. The lowest BCUT2D eigenvalue weighted by Crippen LogP contribution is -2.49. The number of morpholine rings is 1. The molecular weight excluding hydrogens is 342 g/mol. The highest BCUT2D eigenvalue weighted by Gasteiger charge is 2.30. The molecule has 1 fully saturated rings. The first-order chi connectivity index (χ1) is 13.0. The molecule has 0 spiro atoms. The summed E-state index contributed by atoms with van der Waals surface area (Å²) in [6, 6.07) is 12.1. The zero-order valence-electron chi connectivity index (χ0n) is 16.4. The van der Waals surface area contributed by atoms with Crippen molar-refractivity contribution in [3.8, 4) is 0 Å². The van der Waals surface area contributed by atoms with Crippen LogP contribution < -0.4 is 0 Å². The van der Waals surface area contributed by atoms with Gasteiger partial charge in [-0.2, -0.15) is 0 Å². The van der Waals surface area contributed by atoms with Gasteiger partial charge in [0.2, 0.25) is 0 Å². The van der Waals surface area contributed by atoms with Crippen LogP contribution in [-0.4, -0.2) is 53.7 Å². The number of hydrogen-bond donors (Lipinski definition) is 0. The number of carbonyl (C=O) groups excluding carboxylic acids is 1. The smallest absolute Gasteiger partial charge is 0.276 e. The van der Waals surface area contributed by atoms with E-state index in [1.54, 1.807) is 6.07 Å². The fourth-order valence-electron chi connectivity index (χ4n) is 3.51. The monoisotopic (exact) mass is 371 g/mol. The summed E-state index contributed by atoms with van der Waals surface area (Å²) >= 11 is 0. The zero-order valence-corrected chi connectivity index (χ0v) is 16.4. The van der Waals surface area contributed by atoms with Gasteiger partial charge in [0, 0.05) is 19.2 Å². The number of ether oxygens (including phenoxy) is 1. The second kappa shape index (κ2) is 9.15. The summed E-state index contributed by atoms with van der Waals surface area (Å²) in [5.74, 6) is 1.14. The summed E-state index contributed by atoms with van der Waals surface area (Å²) in [5.41, 5.74) is 1.62. The topological polar surface area (TPSA) is 58.8 Å². The lowest BCUT2D eigenvalue weighted by atomic mass is 10.0. The Kier molecular flexibility index (Phi) is 6.63. The zero-order chi connectivity index (χ0) is 19.2. The van der Waals surface area contributed by atoms with Crippen molar-refractivity contribution < 1.29 is 14.1 Å². The fourth-order valence-corrected chi connectivity index (χ4v) is 3.51. The van der Waals surface area contributed by atoms with Crippen molar-refractivity contribution in [2.45, 2.75) is 39.4 Å². The second-order valence-electron chi connectivity index (χ2n) is 7.69. The van der Waals surface area contributed by atoms with Gasteiger partial charge in [-0.3, -0.25) is 9.69 Å². The summed E-state index contributed by atoms with van der Waals surface area (Å²) in [6.45, 7) is 7.51. The quantitative estimate of drug-likeness (QED) is 0.748. The van der Waals surface area contributed by atoms with Crippen LogP contribution in [0.1, 0.15) is 42.1 Å². The molecule has 6 nitrogen and oxygen atoms in total. The minimum absolute atomic E-state index is 0.0651. The molecule has 1 atom stereocenters. The molecule has 0 bridgehead atoms. The molecule has 2 heterocycles. The van der Waals surface area contributed by atoms with Crippen LogP contribution in [0.25, 0.3) is 0 Å². The van der Waals surface area contributed by atoms with E-state index in [4.69, 9.17) is 9.26 Å². The average molecular weight is 371 g/mol. The predicted molar refractivity (Wildman–Crippen MR) is 103 cm³/mol. The van der Waals surface area contributed by atoms with Gasteiger partial charge in [0.15, 0.2) is 11.5 Å². The van der Waals surface area contributed by atoms with E-state index in [1.165, 1.54) is 5.56 Å². The van der Waals surface area contributed by atoms with Gasteiger partial charge in [-0.15, -0.1) is 0 Å². The summed E-state index contributed by atoms with van der Waals surface area (Å²) in [6.07, 6.45) is 0.927. The van der Waals surface area contributed by atoms with Gasteiger partial charge < -0.3 is 14.2 Å². The molecule has 1 saturated heterocycles. The number of benzene rings is 1. The van der Waals surface area contributed by atoms with Crippen molar-refractivity contribution >= 4 is 5.91 Å². The fraction of sp³-hybridized carbons (Fsp3) is 0.524. The highest BCUT2D eigenvalue weighted by molar-refractivity contribution is 5.92. The van der Waals surface area contributed by atoms with Crippen LogP contribution in [0.4, 0.5) is 0 Å². The molecule has 1 amide bonds. The molecule has 27 heavy (non-hydrogen) atoms. The van der Waals surface area contributed by atoms with E-state index in [2.05, 4.69) is 36.0 Å². The van der Waals surface area contributed by atoms with E-state index in [0.717, 1.165) is 13.0 Å². The van der Waals surface area contributed by atoms with Crippen LogP contribution >= 0.6 is 0 Å². The van der Waals surface area contributed by atoms with Crippen LogP contribution in [0, 0.1) is 5.92 Å². The molecular formula is C21H29N3O3. The van der Waals surface area contributed by atoms with E-state index in [1.807, 2.05) is 30.1 Å². The van der Waals surface area contributed by atoms with Crippen molar-refractivity contribution in [1.29, 1.82) is 0 Å². The van der Waals surface area contributed by atoms with Crippen LogP contribution in [0.5, 0.6) is 0 Å². The van der Waals surface area contributed by atoms with E-state index in [-0.39, 0.29) is 11.9 Å². The Bertz CT molecular complexity index is 729. The molecule has 1 unspecified atom stereocenters. The summed E-state index contributed by atoms with van der Waals surface area (Å²) in [5, 5.41) is 4.03. The van der Waals surface area contributed by atoms with Gasteiger partial charge in [-0.25, -0.2) is 0 Å². The number of amides is 1. The largest absolute Gasteiger partial charge is 0.377 e. The van der Waals surface area contributed by atoms with Gasteiger partial charge in [0.25, 0.3) is 5.91 Å². The summed E-state index contributed by atoms with van der Waals surface area (Å²) in [4.78, 5) is 16.9. The number of carbonyl (C=O) groups is 1. The SMILES string of the molecule is CC(C)CC1COCCN1C(=O)c1cc(CN(C)Cc2ccccc2)on1. The normalized spacial score (nSPS) is 17.7. The molecule has 1 aromatic heterocycles. The summed E-state index contributed by atoms with van der Waals surface area (Å²) in [7, 11) is 2.03. The van der Waals surface area contributed by atoms with E-state index < -0.39 is 0 Å². The third kappa shape index (κ3) is 5.40. The molecule has 0 saturated carbocycles. The van der Waals surface area contributed by atoms with E-state index in [9.17, 15) is 4.79 Å². The third-order valence-electron chi connectivity index (χ3n) is 4.73. The first-order valence-electron chi connectivity index (χ1n) is 9.59. The van der Waals surface area contributed by atoms with E-state index >= 15 is 0 Å². The standard InChI is InChI=1S/C21H29N3O3/c1-16(2)11-18-15-26-10-9-24(18)21(25)20-12-19(27-22-20)14-23(3)13-17-7-5-4-6-8-17/h4-8,12,16,18H,9-11,13-15H2,1-3H3. The van der Waals surface area contributed by atoms with Crippen LogP contribution in [-0.2, 0) is 17.8 Å². The van der Waals surface area contributed by atoms with Gasteiger partial charge >= 0.3 is 0 Å². The van der Waals surface area contributed by atoms with Gasteiger partial charge in [-0.1, -0.05) is 49.3 Å². The van der Waals surface area contributed by atoms with Crippen LogP contribution in [0.2, 0.25) is 0 Å². The maximum absolute atomic E-state index is 12.9. The number of rotatable bonds is 7. The van der Waals surface area contributed by atoms with Crippen molar-refractivity contribution in [1.82, 2.24) is 15.0 Å². The number of hydrogen-bond acceptors (Lipinski definition) is 5. The second-order valence-corrected chi connectivity index (χ2v) is 7.69. The Morgan fingerprint density at radius 3 is 2.81 bits per heavy atom. The molecule has 146 valence electrons. The Balaban J connectivity index is 1.61. The summed E-state index contributed by atoms with van der Waals surface area (Å²) < 4.78 is 11.0. The van der Waals surface area contributed by atoms with Crippen molar-refractivity contribution in [3.05, 3.63) is 53.4 Å². The van der Waals surface area contributed by atoms with Gasteiger partial charge in [0.05, 0.1) is 25.8 Å². The maximum Gasteiger partial charge on any atom is 0.276 e. The molecule has 0 radical (unpaired) electrons. The van der Waals surface area contributed by atoms with Gasteiger partial charge in [0.1, 0.15) is 0 Å². The van der Waals surface area contributed by atoms with Crippen molar-refractivity contribution in [2.75, 3.05) is 26.8 Å². The lowest BCUT2D eigenvalue weighted by molar-refractivity contribution is -0.00794. The van der Waals surface area contributed by atoms with Gasteiger partial charge in [-0.05, 0) is 24.9 Å². The third-order valence-corrected chi connectivity index (χ3v) is 4.73. The Morgan fingerprint density at radius 2 is 2.07 bits per heavy atom. The first-order valence-corrected chi connectivity index (χ1v) is 9.59. The highest BCUT2D eigenvalue weighted by atomic mass is 16.5. The molecule has 6 heteroatoms. The maximum atomic E-state index is 12.9. The van der Waals surface area contributed by atoms with E-state index in [0.29, 0.717) is 43.7 Å². The lowest BCUT2D eigenvalue weighted by Gasteiger charge is -2.36. The molecule has 2 aromatic rings. The molecule has 1 aliphatic heterocycles.